The average molecular weight is 310 g/mol. The molecular formula is C14H13Cl2N3O. The van der Waals surface area contributed by atoms with Crippen LogP contribution in [0.3, 0.4) is 0 Å². The van der Waals surface area contributed by atoms with Crippen LogP contribution < -0.4 is 0 Å². The minimum atomic E-state index is -0.276. The number of nitrogens with zero attached hydrogens (tertiary/aromatic N) is 3. The van der Waals surface area contributed by atoms with Crippen LogP contribution in [0.2, 0.25) is 10.2 Å². The molecule has 20 heavy (non-hydrogen) atoms. The SMILES string of the molecule is CC(c1ccncc1)N(C)C(=O)c1nc(Cl)ccc1Cl. The summed E-state index contributed by atoms with van der Waals surface area (Å²) < 4.78 is 0. The zero-order valence-electron chi connectivity index (χ0n) is 11.0. The van der Waals surface area contributed by atoms with Crippen LogP contribution in [0.25, 0.3) is 0 Å². The van der Waals surface area contributed by atoms with Gasteiger partial charge < -0.3 is 4.90 Å². The lowest BCUT2D eigenvalue weighted by Crippen LogP contribution is -2.30. The maximum Gasteiger partial charge on any atom is 0.274 e. The van der Waals surface area contributed by atoms with Crippen LogP contribution in [-0.4, -0.2) is 27.8 Å². The second-order valence-electron chi connectivity index (χ2n) is 4.34. The molecule has 0 aliphatic carbocycles. The van der Waals surface area contributed by atoms with Gasteiger partial charge in [0, 0.05) is 19.4 Å². The van der Waals surface area contributed by atoms with Gasteiger partial charge >= 0.3 is 0 Å². The fraction of sp³-hybridized carbons (Fsp3) is 0.214. The number of hydrogen-bond acceptors (Lipinski definition) is 3. The third-order valence-corrected chi connectivity index (χ3v) is 3.62. The van der Waals surface area contributed by atoms with Gasteiger partial charge in [-0.3, -0.25) is 9.78 Å². The van der Waals surface area contributed by atoms with Crippen LogP contribution in [0.1, 0.15) is 29.0 Å². The lowest BCUT2D eigenvalue weighted by atomic mass is 10.1. The molecule has 0 bridgehead atoms. The molecule has 0 saturated heterocycles. The number of pyridine rings is 2. The van der Waals surface area contributed by atoms with E-state index in [-0.39, 0.29) is 27.8 Å². The van der Waals surface area contributed by atoms with Gasteiger partial charge in [0.15, 0.2) is 0 Å². The van der Waals surface area contributed by atoms with Gasteiger partial charge in [-0.2, -0.15) is 0 Å². The van der Waals surface area contributed by atoms with Gasteiger partial charge in [0.2, 0.25) is 0 Å². The summed E-state index contributed by atoms with van der Waals surface area (Å²) in [6.07, 6.45) is 3.38. The van der Waals surface area contributed by atoms with Gasteiger partial charge in [-0.15, -0.1) is 0 Å². The second-order valence-corrected chi connectivity index (χ2v) is 5.13. The van der Waals surface area contributed by atoms with E-state index in [1.165, 1.54) is 0 Å². The Labute approximate surface area is 127 Å². The summed E-state index contributed by atoms with van der Waals surface area (Å²) in [4.78, 5) is 22.0. The minimum absolute atomic E-state index is 0.123. The molecule has 1 atom stereocenters. The number of aromatic nitrogens is 2. The van der Waals surface area contributed by atoms with Gasteiger partial charge in [-0.25, -0.2) is 4.98 Å². The van der Waals surface area contributed by atoms with E-state index in [9.17, 15) is 4.79 Å². The summed E-state index contributed by atoms with van der Waals surface area (Å²) >= 11 is 11.8. The Morgan fingerprint density at radius 1 is 1.20 bits per heavy atom. The highest BCUT2D eigenvalue weighted by Crippen LogP contribution is 2.23. The number of carbonyl (C=O) groups excluding carboxylic acids is 1. The van der Waals surface area contributed by atoms with Gasteiger partial charge in [0.1, 0.15) is 10.8 Å². The Bertz CT molecular complexity index is 619. The van der Waals surface area contributed by atoms with E-state index in [2.05, 4.69) is 9.97 Å². The van der Waals surface area contributed by atoms with Crippen molar-refractivity contribution in [3.05, 3.63) is 58.1 Å². The molecule has 1 amide bonds. The fourth-order valence-electron chi connectivity index (χ4n) is 1.78. The van der Waals surface area contributed by atoms with Crippen molar-refractivity contribution in [1.29, 1.82) is 0 Å². The lowest BCUT2D eigenvalue weighted by molar-refractivity contribution is 0.0737. The third-order valence-electron chi connectivity index (χ3n) is 3.10. The van der Waals surface area contributed by atoms with Gasteiger partial charge in [0.05, 0.1) is 11.1 Å². The standard InChI is InChI=1S/C14H13Cl2N3O/c1-9(10-5-7-17-8-6-10)19(2)14(20)13-11(15)3-4-12(16)18-13/h3-9H,1-2H3. The average Bonchev–Trinajstić information content (AvgIpc) is 2.48. The van der Waals surface area contributed by atoms with E-state index in [1.54, 1.807) is 36.5 Å². The molecule has 0 N–H and O–H groups in total. The first kappa shape index (κ1) is 14.8. The molecule has 4 nitrogen and oxygen atoms in total. The maximum absolute atomic E-state index is 12.4. The molecule has 104 valence electrons. The first-order valence-corrected chi connectivity index (χ1v) is 6.75. The lowest BCUT2D eigenvalue weighted by Gasteiger charge is -2.25. The topological polar surface area (TPSA) is 46.1 Å². The van der Waals surface area contributed by atoms with Crippen LogP contribution in [0.15, 0.2) is 36.7 Å². The Hall–Kier alpha value is -1.65. The molecule has 6 heteroatoms. The molecule has 1 unspecified atom stereocenters. The third kappa shape index (κ3) is 3.08. The van der Waals surface area contributed by atoms with E-state index in [0.29, 0.717) is 0 Å². The van der Waals surface area contributed by atoms with Crippen LogP contribution in [0.5, 0.6) is 0 Å². The van der Waals surface area contributed by atoms with E-state index in [0.717, 1.165) is 5.56 Å². The summed E-state index contributed by atoms with van der Waals surface area (Å²) in [6.45, 7) is 1.92. The first-order valence-electron chi connectivity index (χ1n) is 6.00. The molecule has 0 fully saturated rings. The fourth-order valence-corrected chi connectivity index (χ4v) is 2.11. The van der Waals surface area contributed by atoms with Crippen molar-refractivity contribution in [3.63, 3.8) is 0 Å². The Morgan fingerprint density at radius 2 is 1.85 bits per heavy atom. The molecule has 0 aromatic carbocycles. The zero-order chi connectivity index (χ0) is 14.7. The number of hydrogen-bond donors (Lipinski definition) is 0. The summed E-state index contributed by atoms with van der Waals surface area (Å²) in [5.41, 5.74) is 1.14. The Kier molecular flexibility index (Phi) is 4.57. The normalized spacial score (nSPS) is 12.0. The molecule has 0 aliphatic heterocycles. The molecule has 2 rings (SSSR count). The van der Waals surface area contributed by atoms with Crippen LogP contribution >= 0.6 is 23.2 Å². The number of rotatable bonds is 3. The highest BCUT2D eigenvalue weighted by molar-refractivity contribution is 6.34. The zero-order valence-corrected chi connectivity index (χ0v) is 12.6. The van der Waals surface area contributed by atoms with Crippen molar-refractivity contribution in [2.75, 3.05) is 7.05 Å². The Morgan fingerprint density at radius 3 is 2.50 bits per heavy atom. The van der Waals surface area contributed by atoms with Crippen LogP contribution in [-0.2, 0) is 0 Å². The molecular weight excluding hydrogens is 297 g/mol. The molecule has 0 saturated carbocycles. The smallest absolute Gasteiger partial charge is 0.274 e. The van der Waals surface area contributed by atoms with Gasteiger partial charge in [0.25, 0.3) is 5.91 Å². The van der Waals surface area contributed by atoms with E-state index in [4.69, 9.17) is 23.2 Å². The predicted molar refractivity (Wildman–Crippen MR) is 79.0 cm³/mol. The van der Waals surface area contributed by atoms with Crippen molar-refractivity contribution in [3.8, 4) is 0 Å². The molecule has 2 aromatic heterocycles. The largest absolute Gasteiger partial charge is 0.334 e. The summed E-state index contributed by atoms with van der Waals surface area (Å²) in [7, 11) is 1.70. The van der Waals surface area contributed by atoms with E-state index in [1.807, 2.05) is 19.1 Å². The van der Waals surface area contributed by atoms with E-state index >= 15 is 0 Å². The molecule has 0 radical (unpaired) electrons. The van der Waals surface area contributed by atoms with Crippen molar-refractivity contribution in [2.45, 2.75) is 13.0 Å². The van der Waals surface area contributed by atoms with Gasteiger partial charge in [-0.1, -0.05) is 23.2 Å². The number of carbonyl (C=O) groups is 1. The summed E-state index contributed by atoms with van der Waals surface area (Å²) in [6, 6.07) is 6.72. The highest BCUT2D eigenvalue weighted by Gasteiger charge is 2.22. The maximum atomic E-state index is 12.4. The van der Waals surface area contributed by atoms with Crippen LogP contribution in [0, 0.1) is 0 Å². The van der Waals surface area contributed by atoms with E-state index < -0.39 is 0 Å². The van der Waals surface area contributed by atoms with Gasteiger partial charge in [-0.05, 0) is 36.8 Å². The molecule has 0 aliphatic rings. The van der Waals surface area contributed by atoms with Crippen LogP contribution in [0.4, 0.5) is 0 Å². The molecule has 2 heterocycles. The predicted octanol–water partition coefficient (Wildman–Crippen LogP) is 3.62. The second kappa shape index (κ2) is 6.20. The monoisotopic (exact) mass is 309 g/mol. The van der Waals surface area contributed by atoms with Crippen molar-refractivity contribution in [1.82, 2.24) is 14.9 Å². The Balaban J connectivity index is 2.27. The van der Waals surface area contributed by atoms with Crippen molar-refractivity contribution >= 4 is 29.1 Å². The number of amides is 1. The minimum Gasteiger partial charge on any atom is -0.334 e. The van der Waals surface area contributed by atoms with Crippen molar-refractivity contribution in [2.24, 2.45) is 0 Å². The highest BCUT2D eigenvalue weighted by atomic mass is 35.5. The quantitative estimate of drug-likeness (QED) is 0.814. The molecule has 2 aromatic rings. The summed E-state index contributed by atoms with van der Waals surface area (Å²) in [5, 5.41) is 0.524. The summed E-state index contributed by atoms with van der Waals surface area (Å²) in [5.74, 6) is -0.276. The first-order chi connectivity index (χ1) is 9.50. The van der Waals surface area contributed by atoms with Crippen molar-refractivity contribution < 1.29 is 4.79 Å². The molecule has 0 spiro atoms. The number of halogens is 2.